The van der Waals surface area contributed by atoms with Crippen LogP contribution in [0.2, 0.25) is 0 Å². The maximum atomic E-state index is 12.1. The van der Waals surface area contributed by atoms with Gasteiger partial charge in [0.2, 0.25) is 0 Å². The van der Waals surface area contributed by atoms with Gasteiger partial charge in [-0.15, -0.1) is 11.3 Å². The Morgan fingerprint density at radius 3 is 3.00 bits per heavy atom. The zero-order valence-corrected chi connectivity index (χ0v) is 9.95. The van der Waals surface area contributed by atoms with E-state index in [4.69, 9.17) is 5.73 Å². The van der Waals surface area contributed by atoms with Crippen LogP contribution < -0.4 is 5.73 Å². The van der Waals surface area contributed by atoms with Crippen LogP contribution in [0, 0.1) is 11.8 Å². The van der Waals surface area contributed by atoms with Crippen LogP contribution in [0.1, 0.15) is 22.5 Å². The molecule has 2 aliphatic rings. The molecule has 2 fully saturated rings. The summed E-state index contributed by atoms with van der Waals surface area (Å²) in [6.45, 7) is 1.78. The second-order valence-electron chi connectivity index (χ2n) is 4.85. The highest BCUT2D eigenvalue weighted by Gasteiger charge is 2.42. The van der Waals surface area contributed by atoms with E-state index in [-0.39, 0.29) is 5.91 Å². The first kappa shape index (κ1) is 10.3. The molecule has 3 rings (SSSR count). The van der Waals surface area contributed by atoms with Gasteiger partial charge in [0.25, 0.3) is 5.91 Å². The normalized spacial score (nSPS) is 33.1. The van der Waals surface area contributed by atoms with Crippen LogP contribution in [-0.4, -0.2) is 29.9 Å². The summed E-state index contributed by atoms with van der Waals surface area (Å²) >= 11 is 1.52. The number of hydrogen-bond donors (Lipinski definition) is 1. The minimum atomic E-state index is 0.191. The summed E-state index contributed by atoms with van der Waals surface area (Å²) in [7, 11) is 0. The molecule has 1 amide bonds. The van der Waals surface area contributed by atoms with Gasteiger partial charge in [-0.1, -0.05) is 6.07 Å². The topological polar surface area (TPSA) is 46.3 Å². The second kappa shape index (κ2) is 3.86. The maximum Gasteiger partial charge on any atom is 0.263 e. The van der Waals surface area contributed by atoms with Gasteiger partial charge < -0.3 is 10.6 Å². The van der Waals surface area contributed by atoms with E-state index < -0.39 is 0 Å². The SMILES string of the molecule is NC1CCC2CN(C(=O)c3cccs3)CC12. The zero-order valence-electron chi connectivity index (χ0n) is 9.13. The molecule has 1 aromatic heterocycles. The van der Waals surface area contributed by atoms with Crippen molar-refractivity contribution in [3.63, 3.8) is 0 Å². The van der Waals surface area contributed by atoms with Gasteiger partial charge >= 0.3 is 0 Å². The number of nitrogens with two attached hydrogens (primary N) is 1. The van der Waals surface area contributed by atoms with Crippen LogP contribution in [0.3, 0.4) is 0 Å². The Morgan fingerprint density at radius 2 is 2.31 bits per heavy atom. The summed E-state index contributed by atoms with van der Waals surface area (Å²) in [5, 5.41) is 1.95. The van der Waals surface area contributed by atoms with Crippen LogP contribution >= 0.6 is 11.3 Å². The van der Waals surface area contributed by atoms with Crippen molar-refractivity contribution in [2.45, 2.75) is 18.9 Å². The van der Waals surface area contributed by atoms with Gasteiger partial charge in [-0.25, -0.2) is 0 Å². The predicted octanol–water partition coefficient (Wildman–Crippen LogP) is 1.56. The largest absolute Gasteiger partial charge is 0.337 e. The molecule has 0 radical (unpaired) electrons. The molecular formula is C12H16N2OS. The third-order valence-corrected chi connectivity index (χ3v) is 4.79. The van der Waals surface area contributed by atoms with Crippen LogP contribution in [0.15, 0.2) is 17.5 Å². The summed E-state index contributed by atoms with van der Waals surface area (Å²) in [6, 6.07) is 4.15. The second-order valence-corrected chi connectivity index (χ2v) is 5.80. The van der Waals surface area contributed by atoms with E-state index in [2.05, 4.69) is 0 Å². The van der Waals surface area contributed by atoms with Gasteiger partial charge in [-0.3, -0.25) is 4.79 Å². The number of hydrogen-bond acceptors (Lipinski definition) is 3. The molecule has 1 aliphatic heterocycles. The van der Waals surface area contributed by atoms with Crippen LogP contribution in [-0.2, 0) is 0 Å². The fraction of sp³-hybridized carbons (Fsp3) is 0.583. The lowest BCUT2D eigenvalue weighted by Crippen LogP contribution is -2.33. The Morgan fingerprint density at radius 1 is 1.44 bits per heavy atom. The van der Waals surface area contributed by atoms with E-state index in [9.17, 15) is 4.79 Å². The summed E-state index contributed by atoms with van der Waals surface area (Å²) < 4.78 is 0. The fourth-order valence-electron chi connectivity index (χ4n) is 3.03. The molecule has 3 atom stereocenters. The van der Waals surface area contributed by atoms with E-state index in [0.29, 0.717) is 17.9 Å². The molecule has 0 spiro atoms. The minimum Gasteiger partial charge on any atom is -0.337 e. The van der Waals surface area contributed by atoms with Gasteiger partial charge in [0.1, 0.15) is 0 Å². The number of likely N-dealkylation sites (tertiary alicyclic amines) is 1. The van der Waals surface area contributed by atoms with Gasteiger partial charge in [-0.05, 0) is 36.1 Å². The highest BCUT2D eigenvalue weighted by atomic mass is 32.1. The third-order valence-electron chi connectivity index (χ3n) is 3.93. The number of rotatable bonds is 1. The molecule has 3 nitrogen and oxygen atoms in total. The lowest BCUT2D eigenvalue weighted by Gasteiger charge is -2.17. The van der Waals surface area contributed by atoms with Crippen molar-refractivity contribution in [2.24, 2.45) is 17.6 Å². The van der Waals surface area contributed by atoms with E-state index >= 15 is 0 Å². The summed E-state index contributed by atoms with van der Waals surface area (Å²) in [5.41, 5.74) is 6.07. The number of amides is 1. The quantitative estimate of drug-likeness (QED) is 0.804. The molecule has 2 N–H and O–H groups in total. The van der Waals surface area contributed by atoms with Crippen LogP contribution in [0.25, 0.3) is 0 Å². The molecule has 1 saturated heterocycles. The zero-order chi connectivity index (χ0) is 11.1. The summed E-state index contributed by atoms with van der Waals surface area (Å²) in [4.78, 5) is 15.0. The first-order chi connectivity index (χ1) is 7.75. The Balaban J connectivity index is 1.73. The third kappa shape index (κ3) is 1.57. The van der Waals surface area contributed by atoms with E-state index in [1.165, 1.54) is 17.8 Å². The molecule has 86 valence electrons. The smallest absolute Gasteiger partial charge is 0.263 e. The van der Waals surface area contributed by atoms with Gasteiger partial charge in [0, 0.05) is 19.1 Å². The number of thiophene rings is 1. The number of carbonyl (C=O) groups excluding carboxylic acids is 1. The van der Waals surface area contributed by atoms with Gasteiger partial charge in [0.15, 0.2) is 0 Å². The van der Waals surface area contributed by atoms with Crippen molar-refractivity contribution in [3.8, 4) is 0 Å². The maximum absolute atomic E-state index is 12.1. The van der Waals surface area contributed by atoms with E-state index in [0.717, 1.165) is 24.4 Å². The molecule has 1 saturated carbocycles. The average molecular weight is 236 g/mol. The monoisotopic (exact) mass is 236 g/mol. The van der Waals surface area contributed by atoms with Crippen molar-refractivity contribution >= 4 is 17.2 Å². The molecular weight excluding hydrogens is 220 g/mol. The molecule has 0 aromatic carbocycles. The lowest BCUT2D eigenvalue weighted by atomic mass is 9.98. The molecule has 16 heavy (non-hydrogen) atoms. The van der Waals surface area contributed by atoms with Gasteiger partial charge in [0.05, 0.1) is 4.88 Å². The Kier molecular flexibility index (Phi) is 2.48. The lowest BCUT2D eigenvalue weighted by molar-refractivity contribution is 0.0784. The van der Waals surface area contributed by atoms with Crippen molar-refractivity contribution in [3.05, 3.63) is 22.4 Å². The Hall–Kier alpha value is -0.870. The minimum absolute atomic E-state index is 0.191. The Labute approximate surface area is 99.2 Å². The van der Waals surface area contributed by atoms with Crippen LogP contribution in [0.4, 0.5) is 0 Å². The van der Waals surface area contributed by atoms with Gasteiger partial charge in [-0.2, -0.15) is 0 Å². The average Bonchev–Trinajstić information content (AvgIpc) is 2.96. The molecule has 0 bridgehead atoms. The molecule has 3 unspecified atom stereocenters. The van der Waals surface area contributed by atoms with Crippen molar-refractivity contribution in [1.82, 2.24) is 4.90 Å². The first-order valence-electron chi connectivity index (χ1n) is 5.84. The molecule has 1 aromatic rings. The molecule has 4 heteroatoms. The Bertz CT molecular complexity index is 390. The van der Waals surface area contributed by atoms with Crippen molar-refractivity contribution in [1.29, 1.82) is 0 Å². The summed E-state index contributed by atoms with van der Waals surface area (Å²) in [5.74, 6) is 1.39. The predicted molar refractivity (Wildman–Crippen MR) is 64.4 cm³/mol. The highest BCUT2D eigenvalue weighted by Crippen LogP contribution is 2.37. The standard InChI is InChI=1S/C12H16N2OS/c13-10-4-3-8-6-14(7-9(8)10)12(15)11-2-1-5-16-11/h1-2,5,8-10H,3-4,6-7,13H2. The van der Waals surface area contributed by atoms with Crippen molar-refractivity contribution in [2.75, 3.05) is 13.1 Å². The molecule has 1 aliphatic carbocycles. The number of nitrogens with zero attached hydrogens (tertiary/aromatic N) is 1. The highest BCUT2D eigenvalue weighted by molar-refractivity contribution is 7.12. The first-order valence-corrected chi connectivity index (χ1v) is 6.72. The molecule has 2 heterocycles. The van der Waals surface area contributed by atoms with Crippen molar-refractivity contribution < 1.29 is 4.79 Å². The number of carbonyl (C=O) groups is 1. The van der Waals surface area contributed by atoms with E-state index in [1.807, 2.05) is 22.4 Å². The van der Waals surface area contributed by atoms with E-state index in [1.54, 1.807) is 0 Å². The summed E-state index contributed by atoms with van der Waals surface area (Å²) in [6.07, 6.45) is 2.33. The fourth-order valence-corrected chi connectivity index (χ4v) is 3.72. The number of fused-ring (bicyclic) bond motifs is 1. The van der Waals surface area contributed by atoms with Crippen LogP contribution in [0.5, 0.6) is 0 Å².